The van der Waals surface area contributed by atoms with E-state index in [4.69, 9.17) is 0 Å². The molecule has 0 aliphatic carbocycles. The second-order valence-corrected chi connectivity index (χ2v) is 6.30. The SMILES string of the molecule is CC(=CC(=O)NCC1(O)CCSC1)c1ccc(F)cc1F. The molecule has 2 rings (SSSR count). The zero-order valence-electron chi connectivity index (χ0n) is 11.7. The lowest BCUT2D eigenvalue weighted by atomic mass is 10.0. The number of hydrogen-bond donors (Lipinski definition) is 2. The van der Waals surface area contributed by atoms with Gasteiger partial charge in [-0.3, -0.25) is 4.79 Å². The van der Waals surface area contributed by atoms with E-state index in [0.29, 0.717) is 17.7 Å². The third kappa shape index (κ3) is 4.28. The van der Waals surface area contributed by atoms with Gasteiger partial charge in [-0.1, -0.05) is 0 Å². The molecule has 21 heavy (non-hydrogen) atoms. The highest BCUT2D eigenvalue weighted by Gasteiger charge is 2.31. The smallest absolute Gasteiger partial charge is 0.244 e. The second-order valence-electron chi connectivity index (χ2n) is 5.20. The fourth-order valence-electron chi connectivity index (χ4n) is 2.12. The van der Waals surface area contributed by atoms with Crippen molar-refractivity contribution in [1.29, 1.82) is 0 Å². The van der Waals surface area contributed by atoms with E-state index >= 15 is 0 Å². The normalized spacial score (nSPS) is 22.4. The van der Waals surface area contributed by atoms with Gasteiger partial charge in [-0.15, -0.1) is 0 Å². The van der Waals surface area contributed by atoms with E-state index in [1.165, 1.54) is 12.1 Å². The molecule has 1 fully saturated rings. The first-order valence-corrected chi connectivity index (χ1v) is 7.77. The van der Waals surface area contributed by atoms with Crippen molar-refractivity contribution in [2.75, 3.05) is 18.1 Å². The molecule has 1 unspecified atom stereocenters. The molecule has 3 nitrogen and oxygen atoms in total. The summed E-state index contributed by atoms with van der Waals surface area (Å²) in [7, 11) is 0. The van der Waals surface area contributed by atoms with Gasteiger partial charge in [0.25, 0.3) is 0 Å². The number of allylic oxidation sites excluding steroid dienone is 1. The van der Waals surface area contributed by atoms with Gasteiger partial charge in [-0.25, -0.2) is 8.78 Å². The second kappa shape index (κ2) is 6.58. The number of hydrogen-bond acceptors (Lipinski definition) is 3. The summed E-state index contributed by atoms with van der Waals surface area (Å²) in [6.45, 7) is 1.75. The third-order valence-electron chi connectivity index (χ3n) is 3.38. The number of thioether (sulfide) groups is 1. The van der Waals surface area contributed by atoms with Crippen molar-refractivity contribution < 1.29 is 18.7 Å². The number of rotatable bonds is 4. The molecule has 1 amide bonds. The maximum absolute atomic E-state index is 13.6. The van der Waals surface area contributed by atoms with Crippen molar-refractivity contribution in [3.63, 3.8) is 0 Å². The van der Waals surface area contributed by atoms with Gasteiger partial charge >= 0.3 is 0 Å². The quantitative estimate of drug-likeness (QED) is 0.839. The Bertz CT molecular complexity index is 569. The van der Waals surface area contributed by atoms with Crippen molar-refractivity contribution in [1.82, 2.24) is 5.32 Å². The predicted molar refractivity (Wildman–Crippen MR) is 79.9 cm³/mol. The maximum Gasteiger partial charge on any atom is 0.244 e. The molecule has 114 valence electrons. The molecule has 0 bridgehead atoms. The Morgan fingerprint density at radius 2 is 2.29 bits per heavy atom. The fraction of sp³-hybridized carbons (Fsp3) is 0.400. The fourth-order valence-corrected chi connectivity index (χ4v) is 3.42. The summed E-state index contributed by atoms with van der Waals surface area (Å²) in [5, 5.41) is 12.7. The highest BCUT2D eigenvalue weighted by atomic mass is 32.2. The summed E-state index contributed by atoms with van der Waals surface area (Å²) in [6, 6.07) is 3.22. The summed E-state index contributed by atoms with van der Waals surface area (Å²) < 4.78 is 26.4. The van der Waals surface area contributed by atoms with Crippen LogP contribution in [0.1, 0.15) is 18.9 Å². The molecule has 2 N–H and O–H groups in total. The number of carbonyl (C=O) groups excluding carboxylic acids is 1. The molecule has 1 aromatic carbocycles. The standard InChI is InChI=1S/C15H17F2NO2S/c1-10(12-3-2-11(16)7-13(12)17)6-14(19)18-8-15(20)4-5-21-9-15/h2-3,6-7,20H,4-5,8-9H2,1H3,(H,18,19). The van der Waals surface area contributed by atoms with Crippen LogP contribution in [0.3, 0.4) is 0 Å². The van der Waals surface area contributed by atoms with Crippen molar-refractivity contribution in [3.05, 3.63) is 41.5 Å². The molecule has 0 aromatic heterocycles. The predicted octanol–water partition coefficient (Wildman–Crippen LogP) is 2.35. The number of halogens is 2. The van der Waals surface area contributed by atoms with Crippen LogP contribution in [0.2, 0.25) is 0 Å². The highest BCUT2D eigenvalue weighted by Crippen LogP contribution is 2.27. The minimum atomic E-state index is -0.858. The number of amides is 1. The lowest BCUT2D eigenvalue weighted by Gasteiger charge is -2.21. The Morgan fingerprint density at radius 1 is 1.52 bits per heavy atom. The number of benzene rings is 1. The van der Waals surface area contributed by atoms with Crippen LogP contribution in [-0.2, 0) is 4.79 Å². The Balaban J connectivity index is 1.99. The van der Waals surface area contributed by atoms with E-state index in [0.717, 1.165) is 17.9 Å². The minimum absolute atomic E-state index is 0.175. The topological polar surface area (TPSA) is 49.3 Å². The molecule has 1 aliphatic heterocycles. The van der Waals surface area contributed by atoms with E-state index in [-0.39, 0.29) is 12.1 Å². The first-order valence-electron chi connectivity index (χ1n) is 6.61. The monoisotopic (exact) mass is 313 g/mol. The number of aliphatic hydroxyl groups is 1. The summed E-state index contributed by atoms with van der Waals surface area (Å²) in [5.41, 5.74) is -0.275. The lowest BCUT2D eigenvalue weighted by Crippen LogP contribution is -2.42. The summed E-state index contributed by atoms with van der Waals surface area (Å²) in [5.74, 6) is -0.289. The Hall–Kier alpha value is -1.40. The summed E-state index contributed by atoms with van der Waals surface area (Å²) in [6.07, 6.45) is 1.90. The molecule has 1 saturated heterocycles. The molecule has 0 spiro atoms. The zero-order valence-corrected chi connectivity index (χ0v) is 12.5. The van der Waals surface area contributed by atoms with Crippen LogP contribution in [0.25, 0.3) is 5.57 Å². The van der Waals surface area contributed by atoms with Crippen LogP contribution < -0.4 is 5.32 Å². The molecular weight excluding hydrogens is 296 g/mol. The largest absolute Gasteiger partial charge is 0.387 e. The van der Waals surface area contributed by atoms with Crippen molar-refractivity contribution >= 4 is 23.2 Å². The number of nitrogens with one attached hydrogen (secondary N) is 1. The van der Waals surface area contributed by atoms with Gasteiger partial charge < -0.3 is 10.4 Å². The lowest BCUT2D eigenvalue weighted by molar-refractivity contribution is -0.117. The Labute approximate surface area is 126 Å². The van der Waals surface area contributed by atoms with Crippen LogP contribution in [0, 0.1) is 11.6 Å². The Kier molecular flexibility index (Phi) is 5.00. The van der Waals surface area contributed by atoms with Crippen LogP contribution in [0.15, 0.2) is 24.3 Å². The Morgan fingerprint density at radius 3 is 2.90 bits per heavy atom. The molecule has 0 radical (unpaired) electrons. The van der Waals surface area contributed by atoms with Crippen molar-refractivity contribution in [2.45, 2.75) is 18.9 Å². The first-order chi connectivity index (χ1) is 9.89. The summed E-state index contributed by atoms with van der Waals surface area (Å²) in [4.78, 5) is 11.8. The molecule has 1 aliphatic rings. The highest BCUT2D eigenvalue weighted by molar-refractivity contribution is 7.99. The van der Waals surface area contributed by atoms with Gasteiger partial charge in [0.15, 0.2) is 0 Å². The van der Waals surface area contributed by atoms with Gasteiger partial charge in [0.1, 0.15) is 11.6 Å². The van der Waals surface area contributed by atoms with Crippen LogP contribution in [-0.4, -0.2) is 34.7 Å². The molecule has 6 heteroatoms. The van der Waals surface area contributed by atoms with E-state index in [9.17, 15) is 18.7 Å². The molecular formula is C15H17F2NO2S. The van der Waals surface area contributed by atoms with E-state index in [1.807, 2.05) is 0 Å². The third-order valence-corrected chi connectivity index (χ3v) is 4.61. The average Bonchev–Trinajstić information content (AvgIpc) is 2.84. The van der Waals surface area contributed by atoms with Gasteiger partial charge in [0, 0.05) is 30.0 Å². The van der Waals surface area contributed by atoms with Crippen molar-refractivity contribution in [2.24, 2.45) is 0 Å². The van der Waals surface area contributed by atoms with Gasteiger partial charge in [0.05, 0.1) is 5.60 Å². The average molecular weight is 313 g/mol. The first kappa shape index (κ1) is 16.0. The zero-order chi connectivity index (χ0) is 15.5. The summed E-state index contributed by atoms with van der Waals surface area (Å²) >= 11 is 1.64. The molecule has 1 aromatic rings. The van der Waals surface area contributed by atoms with Gasteiger partial charge in [-0.2, -0.15) is 11.8 Å². The van der Waals surface area contributed by atoms with Gasteiger partial charge in [-0.05, 0) is 36.8 Å². The maximum atomic E-state index is 13.6. The molecule has 0 saturated carbocycles. The number of carbonyl (C=O) groups is 1. The van der Waals surface area contributed by atoms with Crippen LogP contribution >= 0.6 is 11.8 Å². The van der Waals surface area contributed by atoms with Crippen LogP contribution in [0.4, 0.5) is 8.78 Å². The van der Waals surface area contributed by atoms with E-state index in [2.05, 4.69) is 5.32 Å². The molecule has 1 heterocycles. The van der Waals surface area contributed by atoms with E-state index in [1.54, 1.807) is 18.7 Å². The van der Waals surface area contributed by atoms with Gasteiger partial charge in [0.2, 0.25) is 5.91 Å². The minimum Gasteiger partial charge on any atom is -0.387 e. The molecule has 1 atom stereocenters. The van der Waals surface area contributed by atoms with E-state index < -0.39 is 23.1 Å². The van der Waals surface area contributed by atoms with Crippen molar-refractivity contribution in [3.8, 4) is 0 Å². The van der Waals surface area contributed by atoms with Crippen LogP contribution in [0.5, 0.6) is 0 Å².